The molecule has 2 aromatic carbocycles. The molecule has 0 aliphatic carbocycles. The first-order valence-electron chi connectivity index (χ1n) is 9.00. The molecule has 0 radical (unpaired) electrons. The Bertz CT molecular complexity index is 825. The van der Waals surface area contributed by atoms with Gasteiger partial charge in [0.2, 0.25) is 10.0 Å². The van der Waals surface area contributed by atoms with Crippen LogP contribution in [0.5, 0.6) is 0 Å². The van der Waals surface area contributed by atoms with Gasteiger partial charge in [0.15, 0.2) is 0 Å². The molecule has 2 aromatic rings. The summed E-state index contributed by atoms with van der Waals surface area (Å²) in [5, 5.41) is 0. The molecule has 0 bridgehead atoms. The lowest BCUT2D eigenvalue weighted by Crippen LogP contribution is -2.42. The lowest BCUT2D eigenvalue weighted by molar-refractivity contribution is 0.239. The van der Waals surface area contributed by atoms with Gasteiger partial charge in [0.05, 0.1) is 4.90 Å². The summed E-state index contributed by atoms with van der Waals surface area (Å²) in [4.78, 5) is 2.47. The maximum absolute atomic E-state index is 13.1. The van der Waals surface area contributed by atoms with Crippen molar-refractivity contribution in [3.8, 4) is 0 Å². The van der Waals surface area contributed by atoms with Crippen LogP contribution in [0.3, 0.4) is 0 Å². The fourth-order valence-electron chi connectivity index (χ4n) is 3.66. The molecule has 1 aliphatic rings. The second-order valence-electron chi connectivity index (χ2n) is 6.69. The fourth-order valence-corrected chi connectivity index (χ4v) is 5.32. The summed E-state index contributed by atoms with van der Waals surface area (Å²) in [5.74, 6) is -0.435. The molecule has 0 aromatic heterocycles. The largest absolute Gasteiger partial charge is 0.295 e. The zero-order chi connectivity index (χ0) is 18.7. The Morgan fingerprint density at radius 2 is 1.81 bits per heavy atom. The zero-order valence-electron chi connectivity index (χ0n) is 15.2. The molecule has 0 amide bonds. The molecule has 26 heavy (non-hydrogen) atoms. The Morgan fingerprint density at radius 3 is 2.42 bits per heavy atom. The van der Waals surface area contributed by atoms with Crippen molar-refractivity contribution in [1.82, 2.24) is 9.21 Å². The second kappa shape index (κ2) is 7.86. The molecule has 4 nitrogen and oxygen atoms in total. The first kappa shape index (κ1) is 19.0. The molecular formula is C20H25FN2O2S. The molecule has 3 rings (SSSR count). The van der Waals surface area contributed by atoms with Crippen molar-refractivity contribution >= 4 is 10.0 Å². The van der Waals surface area contributed by atoms with Gasteiger partial charge in [0.1, 0.15) is 5.82 Å². The van der Waals surface area contributed by atoms with Crippen LogP contribution in [0.4, 0.5) is 4.39 Å². The molecule has 6 heteroatoms. The summed E-state index contributed by atoms with van der Waals surface area (Å²) in [7, 11) is -3.63. The highest BCUT2D eigenvalue weighted by Gasteiger charge is 2.36. The van der Waals surface area contributed by atoms with Crippen molar-refractivity contribution in [3.63, 3.8) is 0 Å². The van der Waals surface area contributed by atoms with Crippen molar-refractivity contribution in [2.75, 3.05) is 19.6 Å². The minimum atomic E-state index is -3.63. The number of hydrogen-bond acceptors (Lipinski definition) is 3. The highest BCUT2D eigenvalue weighted by molar-refractivity contribution is 7.89. The minimum absolute atomic E-state index is 0.0683. The van der Waals surface area contributed by atoms with E-state index in [0.717, 1.165) is 13.0 Å². The molecule has 0 unspecified atom stereocenters. The van der Waals surface area contributed by atoms with E-state index in [4.69, 9.17) is 0 Å². The Balaban J connectivity index is 1.76. The third-order valence-corrected chi connectivity index (χ3v) is 7.21. The lowest BCUT2D eigenvalue weighted by Gasteiger charge is -2.29. The summed E-state index contributed by atoms with van der Waals surface area (Å²) in [6.45, 7) is 5.96. The Hall–Kier alpha value is -1.76. The van der Waals surface area contributed by atoms with E-state index in [1.54, 1.807) is 4.31 Å². The number of benzene rings is 2. The first-order chi connectivity index (χ1) is 12.4. The highest BCUT2D eigenvalue weighted by Crippen LogP contribution is 2.29. The number of sulfonamides is 1. The van der Waals surface area contributed by atoms with Crippen LogP contribution >= 0.6 is 0 Å². The molecule has 0 saturated carbocycles. The first-order valence-corrected chi connectivity index (χ1v) is 10.4. The molecule has 1 aliphatic heterocycles. The molecule has 0 spiro atoms. The van der Waals surface area contributed by atoms with Crippen LogP contribution in [0.2, 0.25) is 0 Å². The predicted octanol–water partition coefficient (Wildman–Crippen LogP) is 3.67. The third-order valence-electron chi connectivity index (χ3n) is 5.16. The average Bonchev–Trinajstić information content (AvgIpc) is 3.12. The normalized spacial score (nSPS) is 19.8. The predicted molar refractivity (Wildman–Crippen MR) is 101 cm³/mol. The van der Waals surface area contributed by atoms with Gasteiger partial charge in [-0.1, -0.05) is 37.3 Å². The van der Waals surface area contributed by atoms with Crippen LogP contribution in [-0.4, -0.2) is 43.3 Å². The van der Waals surface area contributed by atoms with E-state index in [1.165, 1.54) is 29.8 Å². The van der Waals surface area contributed by atoms with E-state index in [9.17, 15) is 12.8 Å². The number of nitrogens with zero attached hydrogens (tertiary/aromatic N) is 2. The van der Waals surface area contributed by atoms with Gasteiger partial charge in [-0.15, -0.1) is 0 Å². The average molecular weight is 376 g/mol. The van der Waals surface area contributed by atoms with Crippen molar-refractivity contribution in [3.05, 3.63) is 66.0 Å². The summed E-state index contributed by atoms with van der Waals surface area (Å²) in [6, 6.07) is 15.5. The number of rotatable bonds is 6. The highest BCUT2D eigenvalue weighted by atomic mass is 32.2. The number of hydrogen-bond donors (Lipinski definition) is 0. The quantitative estimate of drug-likeness (QED) is 0.772. The summed E-state index contributed by atoms with van der Waals surface area (Å²) in [5.41, 5.74) is 1.23. The van der Waals surface area contributed by atoms with Crippen LogP contribution in [0, 0.1) is 5.82 Å². The standard InChI is InChI=1S/C20H25FN2O2S/c1-3-23(26(24,25)20-11-9-18(21)10-12-20)19-13-14-22(15-19)16(2)17-7-5-4-6-8-17/h4-12,16,19H,3,13-15H2,1-2H3/t16-,19+/m0/s1. The van der Waals surface area contributed by atoms with Crippen LogP contribution in [-0.2, 0) is 10.0 Å². The summed E-state index contributed by atoms with van der Waals surface area (Å²) in [6.07, 6.45) is 0.797. The van der Waals surface area contributed by atoms with Gasteiger partial charge in [0, 0.05) is 31.7 Å². The van der Waals surface area contributed by atoms with Crippen LogP contribution in [0.25, 0.3) is 0 Å². The number of halogens is 1. The van der Waals surface area contributed by atoms with Gasteiger partial charge in [-0.05, 0) is 43.2 Å². The zero-order valence-corrected chi connectivity index (χ0v) is 16.0. The minimum Gasteiger partial charge on any atom is -0.295 e. The molecule has 1 heterocycles. The molecule has 1 fully saturated rings. The lowest BCUT2D eigenvalue weighted by atomic mass is 10.1. The van der Waals surface area contributed by atoms with E-state index < -0.39 is 15.8 Å². The Morgan fingerprint density at radius 1 is 1.15 bits per heavy atom. The van der Waals surface area contributed by atoms with Crippen molar-refractivity contribution in [2.45, 2.75) is 37.2 Å². The molecule has 1 saturated heterocycles. The maximum Gasteiger partial charge on any atom is 0.243 e. The Kier molecular flexibility index (Phi) is 5.75. The van der Waals surface area contributed by atoms with Crippen molar-refractivity contribution in [1.29, 1.82) is 0 Å². The van der Waals surface area contributed by atoms with Gasteiger partial charge < -0.3 is 0 Å². The van der Waals surface area contributed by atoms with Crippen molar-refractivity contribution < 1.29 is 12.8 Å². The fraction of sp³-hybridized carbons (Fsp3) is 0.400. The maximum atomic E-state index is 13.1. The van der Waals surface area contributed by atoms with E-state index in [0.29, 0.717) is 13.1 Å². The molecule has 2 atom stereocenters. The molecule has 0 N–H and O–H groups in total. The topological polar surface area (TPSA) is 40.6 Å². The smallest absolute Gasteiger partial charge is 0.243 e. The third kappa shape index (κ3) is 3.82. The molecular weight excluding hydrogens is 351 g/mol. The second-order valence-corrected chi connectivity index (χ2v) is 8.58. The van der Waals surface area contributed by atoms with E-state index in [1.807, 2.05) is 25.1 Å². The molecule has 140 valence electrons. The van der Waals surface area contributed by atoms with Gasteiger partial charge in [-0.25, -0.2) is 12.8 Å². The van der Waals surface area contributed by atoms with E-state index >= 15 is 0 Å². The van der Waals surface area contributed by atoms with E-state index in [-0.39, 0.29) is 17.0 Å². The van der Waals surface area contributed by atoms with E-state index in [2.05, 4.69) is 24.0 Å². The Labute approximate surface area is 155 Å². The van der Waals surface area contributed by atoms with Crippen LogP contribution in [0.1, 0.15) is 31.9 Å². The monoisotopic (exact) mass is 376 g/mol. The SMILES string of the molecule is CCN([C@@H]1CCN([C@@H](C)c2ccccc2)C1)S(=O)(=O)c1ccc(F)cc1. The van der Waals surface area contributed by atoms with Gasteiger partial charge in [0.25, 0.3) is 0 Å². The number of likely N-dealkylation sites (N-methyl/N-ethyl adjacent to an activating group) is 1. The van der Waals surface area contributed by atoms with Crippen LogP contribution in [0.15, 0.2) is 59.5 Å². The van der Waals surface area contributed by atoms with Crippen molar-refractivity contribution in [2.24, 2.45) is 0 Å². The van der Waals surface area contributed by atoms with Crippen LogP contribution < -0.4 is 0 Å². The summed E-state index contributed by atoms with van der Waals surface area (Å²) < 4.78 is 40.7. The van der Waals surface area contributed by atoms with Gasteiger partial charge in [-0.3, -0.25) is 4.90 Å². The summed E-state index contributed by atoms with van der Waals surface area (Å²) >= 11 is 0. The van der Waals surface area contributed by atoms with Gasteiger partial charge >= 0.3 is 0 Å². The van der Waals surface area contributed by atoms with Gasteiger partial charge in [-0.2, -0.15) is 4.31 Å². The number of likely N-dealkylation sites (tertiary alicyclic amines) is 1.